The van der Waals surface area contributed by atoms with Gasteiger partial charge in [-0.15, -0.1) is 0 Å². The first-order chi connectivity index (χ1) is 8.56. The first-order valence-electron chi connectivity index (χ1n) is 5.59. The fraction of sp³-hybridized carbons (Fsp3) is 0.231. The van der Waals surface area contributed by atoms with Gasteiger partial charge in [0.05, 0.1) is 5.69 Å². The number of hydrogen-bond donors (Lipinski definition) is 1. The Morgan fingerprint density at radius 1 is 1.17 bits per heavy atom. The molecule has 0 bridgehead atoms. The second-order valence-electron chi connectivity index (χ2n) is 4.26. The molecular weight excluding hydrogens is 228 g/mol. The number of ether oxygens (including phenoxy) is 1. The highest BCUT2D eigenvalue weighted by Gasteiger charge is 2.06. The molecule has 1 heterocycles. The second-order valence-corrected chi connectivity index (χ2v) is 4.26. The zero-order valence-electron chi connectivity index (χ0n) is 10.7. The molecule has 94 valence electrons. The van der Waals surface area contributed by atoms with Crippen molar-refractivity contribution < 1.29 is 4.74 Å². The van der Waals surface area contributed by atoms with Crippen molar-refractivity contribution in [2.45, 2.75) is 6.92 Å². The van der Waals surface area contributed by atoms with Crippen molar-refractivity contribution in [3.05, 3.63) is 36.2 Å². The minimum Gasteiger partial charge on any atom is -0.422 e. The normalized spacial score (nSPS) is 10.2. The molecular formula is C13H16N4O. The standard InChI is InChI=1S/C13H16N4O/c1-9-7-15-13(16-8-9)18-12-6-10(17(2)3)4-5-11(12)14/h4-8H,14H2,1-3H3. The molecule has 1 aromatic heterocycles. The lowest BCUT2D eigenvalue weighted by Gasteiger charge is -2.14. The van der Waals surface area contributed by atoms with Gasteiger partial charge in [-0.2, -0.15) is 0 Å². The van der Waals surface area contributed by atoms with Crippen LogP contribution >= 0.6 is 0 Å². The summed E-state index contributed by atoms with van der Waals surface area (Å²) in [6, 6.07) is 5.89. The van der Waals surface area contributed by atoms with Gasteiger partial charge in [-0.25, -0.2) is 9.97 Å². The van der Waals surface area contributed by atoms with E-state index in [9.17, 15) is 0 Å². The summed E-state index contributed by atoms with van der Waals surface area (Å²) in [5.74, 6) is 0.560. The van der Waals surface area contributed by atoms with Crippen LogP contribution in [0.4, 0.5) is 11.4 Å². The summed E-state index contributed by atoms with van der Waals surface area (Å²) >= 11 is 0. The Bertz CT molecular complexity index is 537. The van der Waals surface area contributed by atoms with Crippen LogP contribution in [0.15, 0.2) is 30.6 Å². The summed E-state index contributed by atoms with van der Waals surface area (Å²) in [5.41, 5.74) is 8.42. The topological polar surface area (TPSA) is 64.3 Å². The van der Waals surface area contributed by atoms with E-state index in [4.69, 9.17) is 10.5 Å². The van der Waals surface area contributed by atoms with Crippen molar-refractivity contribution in [3.8, 4) is 11.8 Å². The molecule has 2 N–H and O–H groups in total. The molecule has 0 aliphatic rings. The lowest BCUT2D eigenvalue weighted by molar-refractivity contribution is 0.443. The van der Waals surface area contributed by atoms with E-state index in [-0.39, 0.29) is 0 Å². The highest BCUT2D eigenvalue weighted by Crippen LogP contribution is 2.29. The molecule has 5 heteroatoms. The Kier molecular flexibility index (Phi) is 3.32. The molecule has 0 radical (unpaired) electrons. The maximum Gasteiger partial charge on any atom is 0.321 e. The zero-order valence-corrected chi connectivity index (χ0v) is 10.7. The van der Waals surface area contributed by atoms with E-state index >= 15 is 0 Å². The number of benzene rings is 1. The molecule has 0 atom stereocenters. The number of nitrogen functional groups attached to an aromatic ring is 1. The summed E-state index contributed by atoms with van der Waals surface area (Å²) in [6.07, 6.45) is 3.41. The summed E-state index contributed by atoms with van der Waals surface area (Å²) in [5, 5.41) is 0. The van der Waals surface area contributed by atoms with Crippen LogP contribution in [0.3, 0.4) is 0 Å². The SMILES string of the molecule is Cc1cnc(Oc2cc(N(C)C)ccc2N)nc1. The lowest BCUT2D eigenvalue weighted by atomic mass is 10.2. The predicted molar refractivity (Wildman–Crippen MR) is 72.0 cm³/mol. The number of aromatic nitrogens is 2. The maximum absolute atomic E-state index is 5.87. The molecule has 0 fully saturated rings. The summed E-state index contributed by atoms with van der Waals surface area (Å²) in [4.78, 5) is 10.1. The molecule has 0 spiro atoms. The van der Waals surface area contributed by atoms with Gasteiger partial charge >= 0.3 is 6.01 Å². The Morgan fingerprint density at radius 2 is 1.83 bits per heavy atom. The lowest BCUT2D eigenvalue weighted by Crippen LogP contribution is -2.09. The van der Waals surface area contributed by atoms with Crippen LogP contribution in [0.2, 0.25) is 0 Å². The first-order valence-corrected chi connectivity index (χ1v) is 5.59. The third-order valence-corrected chi connectivity index (χ3v) is 2.47. The van der Waals surface area contributed by atoms with E-state index < -0.39 is 0 Å². The van der Waals surface area contributed by atoms with Crippen LogP contribution in [0, 0.1) is 6.92 Å². The van der Waals surface area contributed by atoms with Crippen molar-refractivity contribution in [1.82, 2.24) is 9.97 Å². The van der Waals surface area contributed by atoms with Crippen molar-refractivity contribution in [1.29, 1.82) is 0 Å². The van der Waals surface area contributed by atoms with Crippen LogP contribution < -0.4 is 15.4 Å². The number of hydrogen-bond acceptors (Lipinski definition) is 5. The van der Waals surface area contributed by atoms with Gasteiger partial charge in [0, 0.05) is 38.2 Å². The Hall–Kier alpha value is -2.30. The third kappa shape index (κ3) is 2.68. The van der Waals surface area contributed by atoms with Gasteiger partial charge in [0.25, 0.3) is 0 Å². The summed E-state index contributed by atoms with van der Waals surface area (Å²) in [7, 11) is 3.91. The first kappa shape index (κ1) is 12.2. The molecule has 2 aromatic rings. The molecule has 0 aliphatic heterocycles. The number of nitrogens with zero attached hydrogens (tertiary/aromatic N) is 3. The minimum absolute atomic E-state index is 0.295. The fourth-order valence-electron chi connectivity index (χ4n) is 1.42. The van der Waals surface area contributed by atoms with E-state index in [0.29, 0.717) is 17.4 Å². The van der Waals surface area contributed by atoms with Gasteiger partial charge in [0.15, 0.2) is 5.75 Å². The van der Waals surface area contributed by atoms with Crippen LogP contribution in [0.5, 0.6) is 11.8 Å². The van der Waals surface area contributed by atoms with E-state index in [0.717, 1.165) is 11.3 Å². The summed E-state index contributed by atoms with van der Waals surface area (Å²) < 4.78 is 5.58. The monoisotopic (exact) mass is 244 g/mol. The van der Waals surface area contributed by atoms with E-state index in [2.05, 4.69) is 9.97 Å². The smallest absolute Gasteiger partial charge is 0.321 e. The molecule has 18 heavy (non-hydrogen) atoms. The largest absolute Gasteiger partial charge is 0.422 e. The summed E-state index contributed by atoms with van der Waals surface area (Å²) in [6.45, 7) is 1.92. The van der Waals surface area contributed by atoms with E-state index in [1.807, 2.05) is 38.1 Å². The molecule has 1 aromatic carbocycles. The second kappa shape index (κ2) is 4.91. The van der Waals surface area contributed by atoms with Gasteiger partial charge in [0.2, 0.25) is 0 Å². The molecule has 0 amide bonds. The van der Waals surface area contributed by atoms with Crippen LogP contribution in [0.25, 0.3) is 0 Å². The molecule has 0 saturated carbocycles. The van der Waals surface area contributed by atoms with Crippen LogP contribution in [0.1, 0.15) is 5.56 Å². The molecule has 0 saturated heterocycles. The van der Waals surface area contributed by atoms with Crippen LogP contribution in [-0.4, -0.2) is 24.1 Å². The highest BCUT2D eigenvalue weighted by atomic mass is 16.5. The third-order valence-electron chi connectivity index (χ3n) is 2.47. The maximum atomic E-state index is 5.87. The van der Waals surface area contributed by atoms with Gasteiger partial charge in [-0.3, -0.25) is 0 Å². The molecule has 5 nitrogen and oxygen atoms in total. The number of rotatable bonds is 3. The van der Waals surface area contributed by atoms with Crippen molar-refractivity contribution in [2.75, 3.05) is 24.7 Å². The number of anilines is 2. The Morgan fingerprint density at radius 3 is 2.44 bits per heavy atom. The average molecular weight is 244 g/mol. The zero-order chi connectivity index (χ0) is 13.1. The van der Waals surface area contributed by atoms with Crippen molar-refractivity contribution >= 4 is 11.4 Å². The fourth-order valence-corrected chi connectivity index (χ4v) is 1.42. The Labute approximate surface area is 106 Å². The number of aryl methyl sites for hydroxylation is 1. The van der Waals surface area contributed by atoms with E-state index in [1.165, 1.54) is 0 Å². The quantitative estimate of drug-likeness (QED) is 0.839. The molecule has 0 aliphatic carbocycles. The minimum atomic E-state index is 0.295. The Balaban J connectivity index is 2.27. The van der Waals surface area contributed by atoms with Gasteiger partial charge < -0.3 is 15.4 Å². The van der Waals surface area contributed by atoms with Gasteiger partial charge in [-0.05, 0) is 24.6 Å². The number of nitrogens with two attached hydrogens (primary N) is 1. The van der Waals surface area contributed by atoms with Crippen molar-refractivity contribution in [2.24, 2.45) is 0 Å². The molecule has 2 rings (SSSR count). The molecule has 0 unspecified atom stereocenters. The van der Waals surface area contributed by atoms with Gasteiger partial charge in [-0.1, -0.05) is 0 Å². The van der Waals surface area contributed by atoms with Crippen LogP contribution in [-0.2, 0) is 0 Å². The average Bonchev–Trinajstić information content (AvgIpc) is 2.34. The van der Waals surface area contributed by atoms with Gasteiger partial charge in [0.1, 0.15) is 0 Å². The van der Waals surface area contributed by atoms with E-state index in [1.54, 1.807) is 18.5 Å². The van der Waals surface area contributed by atoms with Crippen molar-refractivity contribution in [3.63, 3.8) is 0 Å². The highest BCUT2D eigenvalue weighted by molar-refractivity contribution is 5.62. The predicted octanol–water partition coefficient (Wildman–Crippen LogP) is 2.23.